The molecule has 0 spiro atoms. The number of amides is 2. The summed E-state index contributed by atoms with van der Waals surface area (Å²) in [6.07, 6.45) is 0.953. The average Bonchev–Trinajstić information content (AvgIpc) is 2.55. The third kappa shape index (κ3) is 4.20. The van der Waals surface area contributed by atoms with E-state index in [1.54, 1.807) is 17.0 Å². The summed E-state index contributed by atoms with van der Waals surface area (Å²) in [6, 6.07) is 6.83. The van der Waals surface area contributed by atoms with Gasteiger partial charge < -0.3 is 10.2 Å². The number of likely N-dealkylation sites (tertiary alicyclic amines) is 1. The second-order valence-electron chi connectivity index (χ2n) is 5.81. The Balaban J connectivity index is 2.05. The molecule has 1 aliphatic rings. The summed E-state index contributed by atoms with van der Waals surface area (Å²) in [5, 5.41) is 2.40. The lowest BCUT2D eigenvalue weighted by atomic mass is 10.1. The number of hydrogen-bond acceptors (Lipinski definition) is 4. The first kappa shape index (κ1) is 18.1. The van der Waals surface area contributed by atoms with Gasteiger partial charge in [0, 0.05) is 24.9 Å². The Bertz CT molecular complexity index is 634. The van der Waals surface area contributed by atoms with Crippen LogP contribution < -0.4 is 5.32 Å². The van der Waals surface area contributed by atoms with E-state index in [9.17, 15) is 13.2 Å². The van der Waals surface area contributed by atoms with Crippen LogP contribution in [0.1, 0.15) is 37.5 Å². The van der Waals surface area contributed by atoms with E-state index >= 15 is 0 Å². The molecule has 0 bridgehead atoms. The van der Waals surface area contributed by atoms with Gasteiger partial charge in [0.2, 0.25) is 0 Å². The fraction of sp³-hybridized carbons (Fsp3) is 0.562. The Hall–Kier alpha value is -1.21. The van der Waals surface area contributed by atoms with Crippen LogP contribution in [0.15, 0.2) is 29.2 Å². The lowest BCUT2D eigenvalue weighted by Gasteiger charge is -2.31. The van der Waals surface area contributed by atoms with Gasteiger partial charge in [-0.3, -0.25) is 0 Å². The van der Waals surface area contributed by atoms with Crippen LogP contribution in [0, 0.1) is 0 Å². The number of nitrogens with zero attached hydrogens (tertiary/aromatic N) is 1. The molecular formula is C16H24N2O3S2. The fourth-order valence-corrected chi connectivity index (χ4v) is 4.66. The molecule has 1 unspecified atom stereocenters. The molecule has 1 atom stereocenters. The fourth-order valence-electron chi connectivity index (χ4n) is 2.76. The molecule has 1 aliphatic heterocycles. The largest absolute Gasteiger partial charge is 0.338 e. The molecule has 0 aromatic heterocycles. The molecule has 23 heavy (non-hydrogen) atoms. The van der Waals surface area contributed by atoms with Crippen molar-refractivity contribution in [2.24, 2.45) is 0 Å². The van der Waals surface area contributed by atoms with E-state index in [1.165, 1.54) is 0 Å². The van der Waals surface area contributed by atoms with Gasteiger partial charge in [-0.25, -0.2) is 13.2 Å². The molecule has 7 heteroatoms. The minimum absolute atomic E-state index is 0.0760. The number of benzene rings is 1. The molecule has 1 saturated heterocycles. The summed E-state index contributed by atoms with van der Waals surface area (Å²) >= 11 is 4.35. The molecule has 1 aromatic rings. The van der Waals surface area contributed by atoms with Crippen LogP contribution in [0.2, 0.25) is 0 Å². The summed E-state index contributed by atoms with van der Waals surface area (Å²) in [6.45, 7) is 5.34. The Morgan fingerprint density at radius 3 is 2.35 bits per heavy atom. The first-order valence-corrected chi connectivity index (χ1v) is 9.97. The van der Waals surface area contributed by atoms with E-state index in [-0.39, 0.29) is 11.3 Å². The quantitative estimate of drug-likeness (QED) is 0.815. The van der Waals surface area contributed by atoms with E-state index in [0.717, 1.165) is 5.56 Å². The number of carbonyl (C=O) groups excluding carboxylic acids is 1. The number of sulfone groups is 1. The highest BCUT2D eigenvalue weighted by Gasteiger charge is 2.32. The minimum atomic E-state index is -3.35. The summed E-state index contributed by atoms with van der Waals surface area (Å²) in [7, 11) is -3.35. The zero-order valence-electron chi connectivity index (χ0n) is 13.5. The topological polar surface area (TPSA) is 66.5 Å². The maximum atomic E-state index is 12.7. The lowest BCUT2D eigenvalue weighted by Crippen LogP contribution is -2.46. The number of nitrogens with one attached hydrogen (secondary N) is 1. The van der Waals surface area contributed by atoms with Crippen LogP contribution in [0.4, 0.5) is 4.79 Å². The van der Waals surface area contributed by atoms with Crippen LogP contribution in [0.3, 0.4) is 0 Å². The Labute approximate surface area is 143 Å². The molecule has 128 valence electrons. The van der Waals surface area contributed by atoms with Crippen molar-refractivity contribution in [3.05, 3.63) is 29.8 Å². The van der Waals surface area contributed by atoms with Gasteiger partial charge in [-0.15, -0.1) is 0 Å². The monoisotopic (exact) mass is 356 g/mol. The lowest BCUT2D eigenvalue weighted by molar-refractivity contribution is 0.187. The van der Waals surface area contributed by atoms with Gasteiger partial charge >= 0.3 is 6.03 Å². The van der Waals surface area contributed by atoms with Crippen molar-refractivity contribution in [2.75, 3.05) is 19.6 Å². The van der Waals surface area contributed by atoms with Gasteiger partial charge in [0.15, 0.2) is 9.84 Å². The predicted molar refractivity (Wildman–Crippen MR) is 94.7 cm³/mol. The van der Waals surface area contributed by atoms with Crippen LogP contribution >= 0.6 is 12.6 Å². The smallest absolute Gasteiger partial charge is 0.317 e. The van der Waals surface area contributed by atoms with Crippen LogP contribution in [-0.4, -0.2) is 44.2 Å². The third-order valence-corrected chi connectivity index (χ3v) is 6.76. The maximum absolute atomic E-state index is 12.7. The van der Waals surface area contributed by atoms with Gasteiger partial charge in [-0.2, -0.15) is 12.6 Å². The summed E-state index contributed by atoms with van der Waals surface area (Å²) in [5.74, 6) is 0. The first-order chi connectivity index (χ1) is 10.9. The first-order valence-electron chi connectivity index (χ1n) is 7.91. The summed E-state index contributed by atoms with van der Waals surface area (Å²) in [5.41, 5.74) is 0.998. The Kier molecular flexibility index (Phi) is 5.97. The van der Waals surface area contributed by atoms with Crippen molar-refractivity contribution in [3.63, 3.8) is 0 Å². The zero-order chi connectivity index (χ0) is 17.0. The Morgan fingerprint density at radius 2 is 1.87 bits per heavy atom. The molecule has 2 amide bonds. The number of piperidine rings is 1. The second-order valence-corrected chi connectivity index (χ2v) is 8.81. The molecule has 1 aromatic carbocycles. The van der Waals surface area contributed by atoms with Crippen LogP contribution in [-0.2, 0) is 9.84 Å². The molecular weight excluding hydrogens is 332 g/mol. The van der Waals surface area contributed by atoms with E-state index in [0.29, 0.717) is 37.4 Å². The highest BCUT2D eigenvalue weighted by Crippen LogP contribution is 2.26. The van der Waals surface area contributed by atoms with Crippen molar-refractivity contribution in [1.29, 1.82) is 0 Å². The molecule has 0 saturated carbocycles. The number of thiol groups is 1. The third-order valence-electron chi connectivity index (χ3n) is 4.19. The van der Waals surface area contributed by atoms with E-state index < -0.39 is 15.1 Å². The van der Waals surface area contributed by atoms with Crippen molar-refractivity contribution < 1.29 is 13.2 Å². The van der Waals surface area contributed by atoms with Gasteiger partial charge in [0.05, 0.1) is 10.1 Å². The normalized spacial score (nSPS) is 17.8. The van der Waals surface area contributed by atoms with Gasteiger partial charge in [-0.05, 0) is 44.4 Å². The van der Waals surface area contributed by atoms with Gasteiger partial charge in [0.1, 0.15) is 0 Å². The molecule has 1 fully saturated rings. The number of hydrogen-bond donors (Lipinski definition) is 2. The predicted octanol–water partition coefficient (Wildman–Crippen LogP) is 2.65. The molecule has 2 rings (SSSR count). The van der Waals surface area contributed by atoms with Crippen molar-refractivity contribution in [3.8, 4) is 0 Å². The number of carbonyl (C=O) groups is 1. The number of rotatable bonds is 4. The molecule has 1 heterocycles. The minimum Gasteiger partial charge on any atom is -0.338 e. The highest BCUT2D eigenvalue weighted by molar-refractivity contribution is 7.92. The van der Waals surface area contributed by atoms with E-state index in [4.69, 9.17) is 0 Å². The molecule has 0 radical (unpaired) electrons. The van der Waals surface area contributed by atoms with Crippen molar-refractivity contribution >= 4 is 28.5 Å². The van der Waals surface area contributed by atoms with E-state index in [1.807, 2.05) is 26.0 Å². The summed E-state index contributed by atoms with van der Waals surface area (Å²) < 4.78 is 25.5. The van der Waals surface area contributed by atoms with Crippen molar-refractivity contribution in [2.45, 2.75) is 42.1 Å². The average molecular weight is 357 g/mol. The zero-order valence-corrected chi connectivity index (χ0v) is 15.2. The van der Waals surface area contributed by atoms with Gasteiger partial charge in [-0.1, -0.05) is 12.1 Å². The maximum Gasteiger partial charge on any atom is 0.317 e. The summed E-state index contributed by atoms with van der Waals surface area (Å²) in [4.78, 5) is 13.8. The van der Waals surface area contributed by atoms with Crippen LogP contribution in [0.25, 0.3) is 0 Å². The highest BCUT2D eigenvalue weighted by atomic mass is 32.2. The van der Waals surface area contributed by atoms with Crippen molar-refractivity contribution in [1.82, 2.24) is 10.2 Å². The molecule has 1 N–H and O–H groups in total. The number of urea groups is 1. The molecule has 0 aliphatic carbocycles. The Morgan fingerprint density at radius 1 is 1.30 bits per heavy atom. The van der Waals surface area contributed by atoms with E-state index in [2.05, 4.69) is 17.9 Å². The second kappa shape index (κ2) is 7.57. The SMILES string of the molecule is CCNC(=O)N1CCC(S(=O)(=O)c2ccc(C(C)S)cc2)CC1. The molecule has 5 nitrogen and oxygen atoms in total. The standard InChI is InChI=1S/C16H24N2O3S2/c1-3-17-16(19)18-10-8-15(9-11-18)23(20,21)14-6-4-13(5-7-14)12(2)22/h4-7,12,15,22H,3,8-11H2,1-2H3,(H,17,19). The van der Waals surface area contributed by atoms with Gasteiger partial charge in [0.25, 0.3) is 0 Å². The van der Waals surface area contributed by atoms with Crippen LogP contribution in [0.5, 0.6) is 0 Å².